The third-order valence-corrected chi connectivity index (χ3v) is 2.11. The first-order valence-corrected chi connectivity index (χ1v) is 5.23. The van der Waals surface area contributed by atoms with Gasteiger partial charge in [0.2, 0.25) is 5.88 Å². The van der Waals surface area contributed by atoms with Crippen molar-refractivity contribution in [2.24, 2.45) is 0 Å². The molecule has 2 aromatic heterocycles. The Kier molecular flexibility index (Phi) is 4.64. The summed E-state index contributed by atoms with van der Waals surface area (Å²) in [7, 11) is 1.51. The smallest absolute Gasteiger partial charge is 0.240 e. The van der Waals surface area contributed by atoms with Gasteiger partial charge in [0.1, 0.15) is 11.6 Å². The number of ether oxygens (including phenoxy) is 1. The van der Waals surface area contributed by atoms with E-state index in [1.165, 1.54) is 13.3 Å². The van der Waals surface area contributed by atoms with Crippen LogP contribution in [0.2, 0.25) is 0 Å². The van der Waals surface area contributed by atoms with Gasteiger partial charge in [0.15, 0.2) is 0 Å². The molecule has 2 rings (SSSR count). The van der Waals surface area contributed by atoms with Crippen LogP contribution in [-0.4, -0.2) is 17.1 Å². The molecule has 0 aliphatic carbocycles. The molecule has 0 amide bonds. The van der Waals surface area contributed by atoms with E-state index < -0.39 is 0 Å². The van der Waals surface area contributed by atoms with E-state index in [0.29, 0.717) is 28.0 Å². The lowest BCUT2D eigenvalue weighted by molar-refractivity contribution is 0.402. The van der Waals surface area contributed by atoms with E-state index in [4.69, 9.17) is 15.7 Å². The number of allylic oxidation sites excluding steroid dienone is 1. The number of hydrogen-bond acceptors (Lipinski definition) is 5. The van der Waals surface area contributed by atoms with E-state index in [0.717, 1.165) is 0 Å². The fraction of sp³-hybridized carbons (Fsp3) is 0.154. The molecule has 18 heavy (non-hydrogen) atoms. The molecule has 0 aliphatic heterocycles. The first kappa shape index (κ1) is 13.5. The highest BCUT2D eigenvalue weighted by molar-refractivity contribution is 5.94. The largest absolute Gasteiger partial charge is 0.479 e. The van der Waals surface area contributed by atoms with Crippen LogP contribution >= 0.6 is 0 Å². The molecule has 2 N–H and O–H groups in total. The SMILES string of the molecule is C=CC.COc1nccc2c(N)c(C#N)cnc12. The summed E-state index contributed by atoms with van der Waals surface area (Å²) in [5.74, 6) is 0.406. The number of nitriles is 1. The van der Waals surface area contributed by atoms with Crippen LogP contribution < -0.4 is 10.5 Å². The topological polar surface area (TPSA) is 84.8 Å². The Bertz CT molecular complexity index is 602. The summed E-state index contributed by atoms with van der Waals surface area (Å²) in [5.41, 5.74) is 7.14. The van der Waals surface area contributed by atoms with Gasteiger partial charge >= 0.3 is 0 Å². The van der Waals surface area contributed by atoms with E-state index in [2.05, 4.69) is 16.5 Å². The summed E-state index contributed by atoms with van der Waals surface area (Å²) < 4.78 is 5.04. The maximum atomic E-state index is 8.79. The van der Waals surface area contributed by atoms with Gasteiger partial charge in [0.05, 0.1) is 18.4 Å². The summed E-state index contributed by atoms with van der Waals surface area (Å²) in [5, 5.41) is 9.47. The Hall–Kier alpha value is -2.61. The standard InChI is InChI=1S/C10H8N4O.C3H6/c1-15-10-9-7(2-3-13-10)8(12)6(4-11)5-14-9;1-3-2/h2-3,5H,1H3,(H2,12,14);3H,1H2,2H3. The minimum Gasteiger partial charge on any atom is -0.479 e. The van der Waals surface area contributed by atoms with E-state index in [1.807, 2.05) is 13.0 Å². The molecule has 0 saturated heterocycles. The van der Waals surface area contributed by atoms with Gasteiger partial charge in [-0.2, -0.15) is 5.26 Å². The highest BCUT2D eigenvalue weighted by Gasteiger charge is 2.09. The van der Waals surface area contributed by atoms with E-state index in [1.54, 1.807) is 18.3 Å². The van der Waals surface area contributed by atoms with Crippen LogP contribution in [0.15, 0.2) is 31.1 Å². The number of nitrogen functional groups attached to an aromatic ring is 1. The fourth-order valence-corrected chi connectivity index (χ4v) is 1.36. The van der Waals surface area contributed by atoms with Gasteiger partial charge in [-0.3, -0.25) is 0 Å². The van der Waals surface area contributed by atoms with Crippen LogP contribution in [0, 0.1) is 11.3 Å². The number of pyridine rings is 2. The first-order valence-electron chi connectivity index (χ1n) is 5.23. The molecule has 0 aromatic carbocycles. The average Bonchev–Trinajstić information content (AvgIpc) is 2.40. The normalized spacial score (nSPS) is 8.94. The van der Waals surface area contributed by atoms with Gasteiger partial charge in [-0.15, -0.1) is 6.58 Å². The third-order valence-electron chi connectivity index (χ3n) is 2.11. The number of hydrogen-bond donors (Lipinski definition) is 1. The molecule has 5 nitrogen and oxygen atoms in total. The second-order valence-electron chi connectivity index (χ2n) is 3.32. The van der Waals surface area contributed by atoms with Crippen molar-refractivity contribution in [3.63, 3.8) is 0 Å². The maximum absolute atomic E-state index is 8.79. The maximum Gasteiger partial charge on any atom is 0.240 e. The Morgan fingerprint density at radius 3 is 2.72 bits per heavy atom. The molecular formula is C13H14N4O. The number of nitrogens with two attached hydrogens (primary N) is 1. The molecular weight excluding hydrogens is 228 g/mol. The lowest BCUT2D eigenvalue weighted by Gasteiger charge is -2.05. The molecule has 0 spiro atoms. The second-order valence-corrected chi connectivity index (χ2v) is 3.32. The van der Waals surface area contributed by atoms with Crippen LogP contribution in [0.4, 0.5) is 5.69 Å². The van der Waals surface area contributed by atoms with Gasteiger partial charge in [-0.1, -0.05) is 6.08 Å². The second kappa shape index (κ2) is 6.21. The number of methoxy groups -OCH3 is 1. The Balaban J connectivity index is 0.000000492. The van der Waals surface area contributed by atoms with Crippen LogP contribution in [0.25, 0.3) is 10.9 Å². The summed E-state index contributed by atoms with van der Waals surface area (Å²) in [6.07, 6.45) is 4.74. The highest BCUT2D eigenvalue weighted by Crippen LogP contribution is 2.26. The zero-order valence-corrected chi connectivity index (χ0v) is 10.3. The van der Waals surface area contributed by atoms with Crippen molar-refractivity contribution in [3.8, 4) is 11.9 Å². The molecule has 5 heteroatoms. The summed E-state index contributed by atoms with van der Waals surface area (Å²) in [6, 6.07) is 3.69. The Morgan fingerprint density at radius 1 is 1.50 bits per heavy atom. The van der Waals surface area contributed by atoms with Gasteiger partial charge in [-0.25, -0.2) is 9.97 Å². The van der Waals surface area contributed by atoms with Gasteiger partial charge < -0.3 is 10.5 Å². The molecule has 0 bridgehead atoms. The van der Waals surface area contributed by atoms with Crippen molar-refractivity contribution >= 4 is 16.6 Å². The summed E-state index contributed by atoms with van der Waals surface area (Å²) >= 11 is 0. The molecule has 0 radical (unpaired) electrons. The van der Waals surface area contributed by atoms with Crippen molar-refractivity contribution in [2.75, 3.05) is 12.8 Å². The molecule has 0 atom stereocenters. The van der Waals surface area contributed by atoms with Gasteiger partial charge in [0.25, 0.3) is 0 Å². The van der Waals surface area contributed by atoms with Crippen LogP contribution in [-0.2, 0) is 0 Å². The fourth-order valence-electron chi connectivity index (χ4n) is 1.36. The predicted molar refractivity (Wildman–Crippen MR) is 71.1 cm³/mol. The highest BCUT2D eigenvalue weighted by atomic mass is 16.5. The molecule has 0 saturated carbocycles. The lowest BCUT2D eigenvalue weighted by Crippen LogP contribution is -1.97. The number of fused-ring (bicyclic) bond motifs is 1. The summed E-state index contributed by atoms with van der Waals surface area (Å²) in [4.78, 5) is 8.09. The molecule has 0 aliphatic rings. The van der Waals surface area contributed by atoms with E-state index in [9.17, 15) is 0 Å². The van der Waals surface area contributed by atoms with Crippen molar-refractivity contribution < 1.29 is 4.74 Å². The van der Waals surface area contributed by atoms with E-state index in [-0.39, 0.29) is 0 Å². The molecule has 0 unspecified atom stereocenters. The number of nitrogens with zero attached hydrogens (tertiary/aromatic N) is 3. The van der Waals surface area contributed by atoms with Crippen LogP contribution in [0.5, 0.6) is 5.88 Å². The van der Waals surface area contributed by atoms with E-state index >= 15 is 0 Å². The monoisotopic (exact) mass is 242 g/mol. The minimum atomic E-state index is 0.357. The molecule has 2 aromatic rings. The Morgan fingerprint density at radius 2 is 2.17 bits per heavy atom. The van der Waals surface area contributed by atoms with Crippen molar-refractivity contribution in [2.45, 2.75) is 6.92 Å². The minimum absolute atomic E-state index is 0.357. The number of anilines is 1. The quantitative estimate of drug-likeness (QED) is 0.775. The van der Waals surface area contributed by atoms with Crippen LogP contribution in [0.3, 0.4) is 0 Å². The number of aromatic nitrogens is 2. The van der Waals surface area contributed by atoms with Crippen molar-refractivity contribution in [3.05, 3.63) is 36.7 Å². The predicted octanol–water partition coefficient (Wildman–Crippen LogP) is 2.28. The molecule has 92 valence electrons. The summed E-state index contributed by atoms with van der Waals surface area (Å²) in [6.45, 7) is 5.25. The zero-order valence-electron chi connectivity index (χ0n) is 10.3. The lowest BCUT2D eigenvalue weighted by atomic mass is 10.1. The molecule has 0 fully saturated rings. The Labute approximate surface area is 106 Å². The average molecular weight is 242 g/mol. The number of rotatable bonds is 1. The van der Waals surface area contributed by atoms with Crippen LogP contribution in [0.1, 0.15) is 12.5 Å². The third kappa shape index (κ3) is 2.55. The van der Waals surface area contributed by atoms with Crippen molar-refractivity contribution in [1.29, 1.82) is 5.26 Å². The van der Waals surface area contributed by atoms with Crippen molar-refractivity contribution in [1.82, 2.24) is 9.97 Å². The first-order chi connectivity index (χ1) is 8.69. The zero-order chi connectivity index (χ0) is 13.5. The van der Waals surface area contributed by atoms with Gasteiger partial charge in [-0.05, 0) is 13.0 Å². The molecule has 2 heterocycles. The van der Waals surface area contributed by atoms with Gasteiger partial charge in [0, 0.05) is 17.8 Å².